The summed E-state index contributed by atoms with van der Waals surface area (Å²) in [6, 6.07) is 0. The van der Waals surface area contributed by atoms with E-state index >= 15 is 0 Å². The van der Waals surface area contributed by atoms with E-state index in [1.807, 2.05) is 12.4 Å². The molecule has 3 rings (SSSR count). The van der Waals surface area contributed by atoms with Crippen molar-refractivity contribution in [3.63, 3.8) is 0 Å². The summed E-state index contributed by atoms with van der Waals surface area (Å²) in [5.74, 6) is 0.923. The third kappa shape index (κ3) is 3.84. The highest BCUT2D eigenvalue weighted by Gasteiger charge is 2.27. The fraction of sp³-hybridized carbons (Fsp3) is 0.647. The van der Waals surface area contributed by atoms with Gasteiger partial charge in [-0.15, -0.1) is 0 Å². The molecule has 120 valence electrons. The molecular weight excluding hydrogens is 278 g/mol. The molecule has 0 bridgehead atoms. The molecule has 2 aliphatic rings. The summed E-state index contributed by atoms with van der Waals surface area (Å²) in [6.45, 7) is 3.96. The van der Waals surface area contributed by atoms with Crippen molar-refractivity contribution in [3.05, 3.63) is 29.1 Å². The molecule has 0 N–H and O–H groups in total. The Morgan fingerprint density at radius 3 is 2.95 bits per heavy atom. The standard InChI is InChI=1S/C17H25N3O2/c1-19(2)17(21)12-22-11-15-8-18-7-14-10-20(6-5-16(14)15)9-13-3-4-13/h7-8,13H,3-6,9-12H2,1-2H3. The summed E-state index contributed by atoms with van der Waals surface area (Å²) in [7, 11) is 3.48. The molecule has 1 fully saturated rings. The maximum atomic E-state index is 11.6. The van der Waals surface area contributed by atoms with Crippen molar-refractivity contribution < 1.29 is 9.53 Å². The molecule has 0 unspecified atom stereocenters. The number of carbonyl (C=O) groups is 1. The van der Waals surface area contributed by atoms with Gasteiger partial charge in [0, 0.05) is 46.1 Å². The Bertz CT molecular complexity index is 541. The number of amides is 1. The molecule has 1 aliphatic carbocycles. The first-order valence-corrected chi connectivity index (χ1v) is 8.08. The van der Waals surface area contributed by atoms with Crippen molar-refractivity contribution in [1.29, 1.82) is 0 Å². The minimum absolute atomic E-state index is 0.00614. The Labute approximate surface area is 132 Å². The van der Waals surface area contributed by atoms with E-state index in [0.29, 0.717) is 6.61 Å². The Morgan fingerprint density at radius 2 is 2.23 bits per heavy atom. The van der Waals surface area contributed by atoms with Crippen molar-refractivity contribution in [3.8, 4) is 0 Å². The van der Waals surface area contributed by atoms with Crippen LogP contribution in [0.15, 0.2) is 12.4 Å². The average molecular weight is 303 g/mol. The number of hydrogen-bond donors (Lipinski definition) is 0. The number of hydrogen-bond acceptors (Lipinski definition) is 4. The monoisotopic (exact) mass is 303 g/mol. The van der Waals surface area contributed by atoms with Gasteiger partial charge in [-0.1, -0.05) is 0 Å². The Morgan fingerprint density at radius 1 is 1.41 bits per heavy atom. The third-order valence-electron chi connectivity index (χ3n) is 4.50. The van der Waals surface area contributed by atoms with Crippen LogP contribution in [0.3, 0.4) is 0 Å². The fourth-order valence-corrected chi connectivity index (χ4v) is 2.95. The summed E-state index contributed by atoms with van der Waals surface area (Å²) < 4.78 is 5.57. The van der Waals surface area contributed by atoms with Crippen molar-refractivity contribution >= 4 is 5.91 Å². The van der Waals surface area contributed by atoms with E-state index < -0.39 is 0 Å². The normalized spacial score (nSPS) is 18.1. The molecule has 22 heavy (non-hydrogen) atoms. The lowest BCUT2D eigenvalue weighted by atomic mass is 9.97. The maximum absolute atomic E-state index is 11.6. The number of pyridine rings is 1. The van der Waals surface area contributed by atoms with E-state index in [0.717, 1.165) is 31.0 Å². The van der Waals surface area contributed by atoms with Crippen LogP contribution >= 0.6 is 0 Å². The first kappa shape index (κ1) is 15.4. The molecule has 1 aliphatic heterocycles. The second-order valence-electron chi connectivity index (χ2n) is 6.65. The highest BCUT2D eigenvalue weighted by atomic mass is 16.5. The molecule has 0 saturated heterocycles. The zero-order valence-electron chi connectivity index (χ0n) is 13.5. The number of fused-ring (bicyclic) bond motifs is 1. The summed E-state index contributed by atoms with van der Waals surface area (Å²) in [5.41, 5.74) is 3.83. The number of aromatic nitrogens is 1. The Balaban J connectivity index is 1.58. The fourth-order valence-electron chi connectivity index (χ4n) is 2.95. The SMILES string of the molecule is CN(C)C(=O)COCc1cncc2c1CCN(CC1CC1)C2. The molecule has 0 radical (unpaired) electrons. The van der Waals surface area contributed by atoms with Crippen LogP contribution in [0, 0.1) is 5.92 Å². The first-order chi connectivity index (χ1) is 10.6. The highest BCUT2D eigenvalue weighted by molar-refractivity contribution is 5.76. The average Bonchev–Trinajstić information content (AvgIpc) is 3.31. The molecule has 0 atom stereocenters. The van der Waals surface area contributed by atoms with Gasteiger partial charge in [0.25, 0.3) is 0 Å². The lowest BCUT2D eigenvalue weighted by Crippen LogP contribution is -2.33. The first-order valence-electron chi connectivity index (χ1n) is 8.08. The highest BCUT2D eigenvalue weighted by Crippen LogP contribution is 2.31. The topological polar surface area (TPSA) is 45.7 Å². The van der Waals surface area contributed by atoms with Gasteiger partial charge in [-0.2, -0.15) is 0 Å². The Kier molecular flexibility index (Phi) is 4.74. The number of carbonyl (C=O) groups excluding carboxylic acids is 1. The van der Waals surface area contributed by atoms with Gasteiger partial charge in [-0.25, -0.2) is 0 Å². The zero-order chi connectivity index (χ0) is 15.5. The number of likely N-dealkylation sites (N-methyl/N-ethyl adjacent to an activating group) is 1. The molecule has 5 heteroatoms. The van der Waals surface area contributed by atoms with Crippen molar-refractivity contribution in [2.75, 3.05) is 33.8 Å². The van der Waals surface area contributed by atoms with Crippen LogP contribution < -0.4 is 0 Å². The molecule has 5 nitrogen and oxygen atoms in total. The van der Waals surface area contributed by atoms with E-state index in [-0.39, 0.29) is 12.5 Å². The molecule has 0 spiro atoms. The Hall–Kier alpha value is -1.46. The van der Waals surface area contributed by atoms with Crippen LogP contribution in [-0.4, -0.2) is 54.5 Å². The van der Waals surface area contributed by atoms with Gasteiger partial charge >= 0.3 is 0 Å². The minimum Gasteiger partial charge on any atom is -0.367 e. The summed E-state index contributed by atoms with van der Waals surface area (Å²) in [6.07, 6.45) is 7.73. The second kappa shape index (κ2) is 6.75. The number of rotatable bonds is 6. The smallest absolute Gasteiger partial charge is 0.248 e. The lowest BCUT2D eigenvalue weighted by Gasteiger charge is -2.29. The van der Waals surface area contributed by atoms with Crippen LogP contribution in [0.2, 0.25) is 0 Å². The number of ether oxygens (including phenoxy) is 1. The largest absolute Gasteiger partial charge is 0.367 e. The molecular formula is C17H25N3O2. The predicted molar refractivity (Wildman–Crippen MR) is 84.3 cm³/mol. The van der Waals surface area contributed by atoms with Gasteiger partial charge in [-0.3, -0.25) is 14.7 Å². The molecule has 2 heterocycles. The molecule has 1 amide bonds. The maximum Gasteiger partial charge on any atom is 0.248 e. The van der Waals surface area contributed by atoms with Crippen LogP contribution in [0.1, 0.15) is 29.5 Å². The second-order valence-corrected chi connectivity index (χ2v) is 6.65. The van der Waals surface area contributed by atoms with E-state index in [9.17, 15) is 4.79 Å². The van der Waals surface area contributed by atoms with Gasteiger partial charge < -0.3 is 9.64 Å². The quantitative estimate of drug-likeness (QED) is 0.798. The van der Waals surface area contributed by atoms with E-state index in [4.69, 9.17) is 4.74 Å². The summed E-state index contributed by atoms with van der Waals surface area (Å²) >= 11 is 0. The van der Waals surface area contributed by atoms with Crippen molar-refractivity contribution in [1.82, 2.24) is 14.8 Å². The zero-order valence-corrected chi connectivity index (χ0v) is 13.5. The molecule has 1 aromatic heterocycles. The van der Waals surface area contributed by atoms with Gasteiger partial charge in [0.05, 0.1) is 6.61 Å². The van der Waals surface area contributed by atoms with Gasteiger partial charge in [0.1, 0.15) is 6.61 Å². The number of nitrogens with zero attached hydrogens (tertiary/aromatic N) is 3. The van der Waals surface area contributed by atoms with Crippen molar-refractivity contribution in [2.24, 2.45) is 5.92 Å². The van der Waals surface area contributed by atoms with Crippen LogP contribution in [0.25, 0.3) is 0 Å². The van der Waals surface area contributed by atoms with E-state index in [1.165, 1.54) is 30.5 Å². The van der Waals surface area contributed by atoms with Crippen molar-refractivity contribution in [2.45, 2.75) is 32.4 Å². The van der Waals surface area contributed by atoms with Gasteiger partial charge in [0.2, 0.25) is 5.91 Å². The third-order valence-corrected chi connectivity index (χ3v) is 4.50. The minimum atomic E-state index is -0.00614. The van der Waals surface area contributed by atoms with Crippen LogP contribution in [0.4, 0.5) is 0 Å². The molecule has 1 aromatic rings. The molecule has 0 aromatic carbocycles. The summed E-state index contributed by atoms with van der Waals surface area (Å²) in [5, 5.41) is 0. The lowest BCUT2D eigenvalue weighted by molar-refractivity contribution is -0.133. The molecule has 1 saturated carbocycles. The summed E-state index contributed by atoms with van der Waals surface area (Å²) in [4.78, 5) is 20.0. The van der Waals surface area contributed by atoms with Crippen LogP contribution in [0.5, 0.6) is 0 Å². The van der Waals surface area contributed by atoms with E-state index in [2.05, 4.69) is 9.88 Å². The van der Waals surface area contributed by atoms with E-state index in [1.54, 1.807) is 19.0 Å². The van der Waals surface area contributed by atoms with Gasteiger partial charge in [0.15, 0.2) is 0 Å². The van der Waals surface area contributed by atoms with Gasteiger partial charge in [-0.05, 0) is 41.9 Å². The predicted octanol–water partition coefficient (Wildman–Crippen LogP) is 1.45. The van der Waals surface area contributed by atoms with Crippen LogP contribution in [-0.2, 0) is 29.1 Å².